The number of carbonyl (C=O) groups excluding carboxylic acids is 1. The minimum atomic E-state index is -0.384. The maximum Gasteiger partial charge on any atom is 0.254 e. The van der Waals surface area contributed by atoms with Crippen molar-refractivity contribution in [1.29, 1.82) is 5.26 Å². The standard InChI is InChI=1S/C15H18FN3O/c1-11-7-13(9-14(16)8-11)15(20)19-5-3-18(4-6-19)12(2)10-17/h7-9,12H,3-6H2,1-2H3. The summed E-state index contributed by atoms with van der Waals surface area (Å²) in [4.78, 5) is 16.1. The molecule has 1 heterocycles. The summed E-state index contributed by atoms with van der Waals surface area (Å²) in [5, 5.41) is 8.89. The van der Waals surface area contributed by atoms with Gasteiger partial charge in [0, 0.05) is 31.7 Å². The molecule has 1 saturated heterocycles. The average molecular weight is 275 g/mol. The van der Waals surface area contributed by atoms with Crippen molar-refractivity contribution < 1.29 is 9.18 Å². The fourth-order valence-corrected chi connectivity index (χ4v) is 2.44. The monoisotopic (exact) mass is 275 g/mol. The van der Waals surface area contributed by atoms with Crippen LogP contribution in [-0.4, -0.2) is 47.9 Å². The van der Waals surface area contributed by atoms with Crippen LogP contribution < -0.4 is 0 Å². The molecule has 0 aliphatic carbocycles. The first-order valence-corrected chi connectivity index (χ1v) is 6.71. The van der Waals surface area contributed by atoms with Crippen molar-refractivity contribution in [1.82, 2.24) is 9.80 Å². The van der Waals surface area contributed by atoms with Crippen LogP contribution in [0, 0.1) is 24.1 Å². The first-order valence-electron chi connectivity index (χ1n) is 6.71. The zero-order valence-corrected chi connectivity index (χ0v) is 11.8. The molecule has 0 spiro atoms. The van der Waals surface area contributed by atoms with E-state index in [9.17, 15) is 9.18 Å². The molecule has 1 aromatic carbocycles. The highest BCUT2D eigenvalue weighted by molar-refractivity contribution is 5.94. The van der Waals surface area contributed by atoms with Gasteiger partial charge in [0.05, 0.1) is 12.1 Å². The highest BCUT2D eigenvalue weighted by atomic mass is 19.1. The van der Waals surface area contributed by atoms with Gasteiger partial charge in [-0.25, -0.2) is 4.39 Å². The van der Waals surface area contributed by atoms with Gasteiger partial charge in [0.2, 0.25) is 0 Å². The van der Waals surface area contributed by atoms with Crippen LogP contribution in [0.15, 0.2) is 18.2 Å². The molecule has 1 aromatic rings. The van der Waals surface area contributed by atoms with Crippen LogP contribution in [0.2, 0.25) is 0 Å². The summed E-state index contributed by atoms with van der Waals surface area (Å²) in [5.41, 5.74) is 1.13. The Morgan fingerprint density at radius 2 is 1.95 bits per heavy atom. The average Bonchev–Trinajstić information content (AvgIpc) is 2.45. The van der Waals surface area contributed by atoms with Gasteiger partial charge in [0.1, 0.15) is 5.82 Å². The summed E-state index contributed by atoms with van der Waals surface area (Å²) < 4.78 is 13.4. The van der Waals surface area contributed by atoms with Crippen LogP contribution in [0.25, 0.3) is 0 Å². The summed E-state index contributed by atoms with van der Waals surface area (Å²) in [7, 11) is 0. The highest BCUT2D eigenvalue weighted by Crippen LogP contribution is 2.13. The molecule has 0 saturated carbocycles. The molecule has 2 rings (SSSR count). The van der Waals surface area contributed by atoms with Gasteiger partial charge < -0.3 is 4.90 Å². The zero-order chi connectivity index (χ0) is 14.7. The van der Waals surface area contributed by atoms with Crippen molar-refractivity contribution >= 4 is 5.91 Å². The molecule has 1 amide bonds. The minimum Gasteiger partial charge on any atom is -0.336 e. The third-order valence-electron chi connectivity index (χ3n) is 3.63. The fraction of sp³-hybridized carbons (Fsp3) is 0.467. The SMILES string of the molecule is Cc1cc(F)cc(C(=O)N2CCN(C(C)C#N)CC2)c1. The Morgan fingerprint density at radius 1 is 1.30 bits per heavy atom. The van der Waals surface area contributed by atoms with Crippen LogP contribution in [0.4, 0.5) is 4.39 Å². The summed E-state index contributed by atoms with van der Waals surface area (Å²) >= 11 is 0. The Bertz CT molecular complexity index is 524. The van der Waals surface area contributed by atoms with Crippen LogP contribution in [0.1, 0.15) is 22.8 Å². The zero-order valence-electron chi connectivity index (χ0n) is 11.8. The van der Waals surface area contributed by atoms with E-state index in [1.54, 1.807) is 17.9 Å². The molecule has 4 nitrogen and oxygen atoms in total. The molecule has 20 heavy (non-hydrogen) atoms. The molecular formula is C15H18FN3O. The van der Waals surface area contributed by atoms with E-state index in [0.29, 0.717) is 31.7 Å². The fourth-order valence-electron chi connectivity index (χ4n) is 2.44. The quantitative estimate of drug-likeness (QED) is 0.827. The van der Waals surface area contributed by atoms with Crippen LogP contribution in [0.5, 0.6) is 0 Å². The first-order chi connectivity index (χ1) is 9.51. The summed E-state index contributed by atoms with van der Waals surface area (Å²) in [6.45, 7) is 6.12. The largest absolute Gasteiger partial charge is 0.336 e. The van der Waals surface area contributed by atoms with E-state index in [2.05, 4.69) is 6.07 Å². The second-order valence-electron chi connectivity index (χ2n) is 5.15. The molecule has 1 aliphatic rings. The molecule has 1 unspecified atom stereocenters. The van der Waals surface area contributed by atoms with E-state index in [1.807, 2.05) is 11.8 Å². The van der Waals surface area contributed by atoms with Gasteiger partial charge in [-0.1, -0.05) is 0 Å². The number of hydrogen-bond donors (Lipinski definition) is 0. The van der Waals surface area contributed by atoms with Crippen molar-refractivity contribution in [3.63, 3.8) is 0 Å². The molecule has 0 radical (unpaired) electrons. The summed E-state index contributed by atoms with van der Waals surface area (Å²) in [6.07, 6.45) is 0. The van der Waals surface area contributed by atoms with Crippen molar-refractivity contribution in [2.45, 2.75) is 19.9 Å². The number of aryl methyl sites for hydroxylation is 1. The Labute approximate surface area is 118 Å². The Kier molecular flexibility index (Phi) is 4.35. The lowest BCUT2D eigenvalue weighted by Gasteiger charge is -2.35. The molecule has 106 valence electrons. The number of benzene rings is 1. The number of halogens is 1. The van der Waals surface area contributed by atoms with Crippen LogP contribution in [0.3, 0.4) is 0 Å². The van der Waals surface area contributed by atoms with E-state index < -0.39 is 0 Å². The number of rotatable bonds is 2. The molecule has 0 aromatic heterocycles. The molecule has 5 heteroatoms. The number of carbonyl (C=O) groups is 1. The van der Waals surface area contributed by atoms with Gasteiger partial charge >= 0.3 is 0 Å². The Morgan fingerprint density at radius 3 is 2.50 bits per heavy atom. The van der Waals surface area contributed by atoms with Gasteiger partial charge in [-0.3, -0.25) is 9.69 Å². The molecule has 0 N–H and O–H groups in total. The van der Waals surface area contributed by atoms with Crippen molar-refractivity contribution in [2.24, 2.45) is 0 Å². The molecular weight excluding hydrogens is 257 g/mol. The predicted octanol–water partition coefficient (Wildman–Crippen LogP) is 1.80. The third-order valence-corrected chi connectivity index (χ3v) is 3.63. The van der Waals surface area contributed by atoms with Gasteiger partial charge in [-0.15, -0.1) is 0 Å². The lowest BCUT2D eigenvalue weighted by Crippen LogP contribution is -2.51. The lowest BCUT2D eigenvalue weighted by molar-refractivity contribution is 0.0615. The molecule has 1 aliphatic heterocycles. The number of nitrogens with zero attached hydrogens (tertiary/aromatic N) is 3. The summed E-state index contributed by atoms with van der Waals surface area (Å²) in [6, 6.07) is 6.45. The second-order valence-corrected chi connectivity index (χ2v) is 5.15. The van der Waals surface area contributed by atoms with Crippen molar-refractivity contribution in [3.05, 3.63) is 35.1 Å². The second kappa shape index (κ2) is 6.02. The normalized spacial score (nSPS) is 17.6. The van der Waals surface area contributed by atoms with E-state index in [0.717, 1.165) is 5.56 Å². The number of piperazine rings is 1. The van der Waals surface area contributed by atoms with Gasteiger partial charge in [-0.2, -0.15) is 5.26 Å². The Balaban J connectivity index is 2.03. The van der Waals surface area contributed by atoms with E-state index >= 15 is 0 Å². The van der Waals surface area contributed by atoms with Crippen LogP contribution >= 0.6 is 0 Å². The lowest BCUT2D eigenvalue weighted by atomic mass is 10.1. The molecule has 1 fully saturated rings. The van der Waals surface area contributed by atoms with Crippen molar-refractivity contribution in [3.8, 4) is 6.07 Å². The van der Waals surface area contributed by atoms with Gasteiger partial charge in [0.25, 0.3) is 5.91 Å². The van der Waals surface area contributed by atoms with E-state index in [4.69, 9.17) is 5.26 Å². The van der Waals surface area contributed by atoms with Gasteiger partial charge in [-0.05, 0) is 37.6 Å². The maximum atomic E-state index is 13.4. The van der Waals surface area contributed by atoms with Gasteiger partial charge in [0.15, 0.2) is 0 Å². The van der Waals surface area contributed by atoms with E-state index in [1.165, 1.54) is 12.1 Å². The maximum absolute atomic E-state index is 13.4. The molecule has 1 atom stereocenters. The minimum absolute atomic E-state index is 0.135. The number of nitriles is 1. The Hall–Kier alpha value is -1.93. The van der Waals surface area contributed by atoms with E-state index in [-0.39, 0.29) is 17.8 Å². The van der Waals surface area contributed by atoms with Crippen LogP contribution in [-0.2, 0) is 0 Å². The first kappa shape index (κ1) is 14.5. The molecule has 0 bridgehead atoms. The highest BCUT2D eigenvalue weighted by Gasteiger charge is 2.24. The smallest absolute Gasteiger partial charge is 0.254 e. The van der Waals surface area contributed by atoms with Crippen molar-refractivity contribution in [2.75, 3.05) is 26.2 Å². The number of amides is 1. The topological polar surface area (TPSA) is 47.3 Å². The predicted molar refractivity (Wildman–Crippen MR) is 73.7 cm³/mol. The number of hydrogen-bond acceptors (Lipinski definition) is 3. The third kappa shape index (κ3) is 3.14. The summed E-state index contributed by atoms with van der Waals surface area (Å²) in [5.74, 6) is -0.526.